The lowest BCUT2D eigenvalue weighted by atomic mass is 10.1. The molecular weight excluding hydrogens is 364 g/mol. The molecular formula is C20H21ClN4O2. The van der Waals surface area contributed by atoms with Crippen LogP contribution in [0.25, 0.3) is 0 Å². The average molecular weight is 385 g/mol. The first-order chi connectivity index (χ1) is 13.0. The summed E-state index contributed by atoms with van der Waals surface area (Å²) in [5, 5.41) is 9.55. The van der Waals surface area contributed by atoms with Crippen LogP contribution in [0.1, 0.15) is 29.8 Å². The Labute approximate surface area is 163 Å². The maximum absolute atomic E-state index is 13.0. The van der Waals surface area contributed by atoms with Crippen LogP contribution in [-0.4, -0.2) is 48.1 Å². The van der Waals surface area contributed by atoms with E-state index in [1.165, 1.54) is 0 Å². The largest absolute Gasteiger partial charge is 0.490 e. The van der Waals surface area contributed by atoms with Gasteiger partial charge in [0.05, 0.1) is 23.3 Å². The van der Waals surface area contributed by atoms with Gasteiger partial charge in [0.15, 0.2) is 0 Å². The number of rotatable bonds is 4. The van der Waals surface area contributed by atoms with Crippen LogP contribution in [0.4, 0.5) is 5.82 Å². The van der Waals surface area contributed by atoms with Gasteiger partial charge < -0.3 is 14.5 Å². The number of carbonyl (C=O) groups excluding carboxylic acids is 1. The van der Waals surface area contributed by atoms with E-state index >= 15 is 0 Å². The van der Waals surface area contributed by atoms with E-state index in [-0.39, 0.29) is 12.0 Å². The molecule has 6 nitrogen and oxygen atoms in total. The zero-order chi connectivity index (χ0) is 19.4. The molecule has 1 aliphatic heterocycles. The van der Waals surface area contributed by atoms with E-state index < -0.39 is 0 Å². The fraction of sp³-hybridized carbons (Fsp3) is 0.350. The number of amides is 1. The molecule has 2 aromatic rings. The molecule has 1 aromatic heterocycles. The number of nitrogens with zero attached hydrogens (tertiary/aromatic N) is 4. The van der Waals surface area contributed by atoms with Crippen molar-refractivity contribution in [2.45, 2.75) is 20.0 Å². The normalized spacial score (nSPS) is 14.2. The quantitative estimate of drug-likeness (QED) is 0.808. The maximum atomic E-state index is 13.0. The van der Waals surface area contributed by atoms with Crippen molar-refractivity contribution in [3.05, 3.63) is 52.7 Å². The van der Waals surface area contributed by atoms with Crippen LogP contribution in [0.15, 0.2) is 36.5 Å². The van der Waals surface area contributed by atoms with E-state index in [9.17, 15) is 4.79 Å². The predicted molar refractivity (Wildman–Crippen MR) is 104 cm³/mol. The molecule has 1 aliphatic rings. The van der Waals surface area contributed by atoms with E-state index in [1.807, 2.05) is 13.8 Å². The van der Waals surface area contributed by atoms with Crippen LogP contribution in [0.2, 0.25) is 5.02 Å². The zero-order valence-corrected chi connectivity index (χ0v) is 16.1. The summed E-state index contributed by atoms with van der Waals surface area (Å²) in [6.07, 6.45) is 1.60. The summed E-state index contributed by atoms with van der Waals surface area (Å²) in [6.45, 7) is 6.26. The number of piperazine rings is 1. The van der Waals surface area contributed by atoms with Crippen molar-refractivity contribution in [2.75, 3.05) is 31.1 Å². The number of ether oxygens (including phenoxy) is 1. The molecule has 1 saturated heterocycles. The van der Waals surface area contributed by atoms with Crippen LogP contribution in [0, 0.1) is 11.3 Å². The number of halogens is 1. The number of benzene rings is 1. The Kier molecular flexibility index (Phi) is 5.82. The summed E-state index contributed by atoms with van der Waals surface area (Å²) in [4.78, 5) is 21.2. The van der Waals surface area contributed by atoms with E-state index in [0.717, 1.165) is 5.82 Å². The third-order valence-corrected chi connectivity index (χ3v) is 4.54. The predicted octanol–water partition coefficient (Wildman–Crippen LogP) is 3.36. The highest BCUT2D eigenvalue weighted by atomic mass is 35.5. The van der Waals surface area contributed by atoms with Gasteiger partial charge in [-0.1, -0.05) is 11.6 Å². The van der Waals surface area contributed by atoms with Crippen molar-refractivity contribution in [3.8, 4) is 11.8 Å². The lowest BCUT2D eigenvalue weighted by Crippen LogP contribution is -2.49. The summed E-state index contributed by atoms with van der Waals surface area (Å²) >= 11 is 6.10. The number of aromatic nitrogens is 1. The highest BCUT2D eigenvalue weighted by molar-refractivity contribution is 6.31. The van der Waals surface area contributed by atoms with Crippen LogP contribution in [-0.2, 0) is 0 Å². The molecule has 0 unspecified atom stereocenters. The van der Waals surface area contributed by atoms with Crippen molar-refractivity contribution < 1.29 is 9.53 Å². The number of nitriles is 1. The zero-order valence-electron chi connectivity index (χ0n) is 15.4. The van der Waals surface area contributed by atoms with Crippen molar-refractivity contribution in [3.63, 3.8) is 0 Å². The van der Waals surface area contributed by atoms with E-state index in [2.05, 4.69) is 16.0 Å². The van der Waals surface area contributed by atoms with Crippen LogP contribution in [0.5, 0.6) is 5.75 Å². The SMILES string of the molecule is CC(C)Oc1ccc(Cl)cc1C(=O)N1CCN(c2cc(C#N)ccn2)CC1. The molecule has 0 spiro atoms. The molecule has 1 fully saturated rings. The Bertz CT molecular complexity index is 871. The van der Waals surface area contributed by atoms with Crippen molar-refractivity contribution in [2.24, 2.45) is 0 Å². The molecule has 7 heteroatoms. The molecule has 0 radical (unpaired) electrons. The Morgan fingerprint density at radius 2 is 1.96 bits per heavy atom. The first-order valence-electron chi connectivity index (χ1n) is 8.84. The summed E-state index contributed by atoms with van der Waals surface area (Å²) in [7, 11) is 0. The molecule has 0 N–H and O–H groups in total. The molecule has 2 heterocycles. The first kappa shape index (κ1) is 19.0. The van der Waals surface area contributed by atoms with Crippen molar-refractivity contribution >= 4 is 23.3 Å². The van der Waals surface area contributed by atoms with Gasteiger partial charge >= 0.3 is 0 Å². The molecule has 3 rings (SSSR count). The lowest BCUT2D eigenvalue weighted by molar-refractivity contribution is 0.0740. The molecule has 1 aromatic carbocycles. The van der Waals surface area contributed by atoms with Crippen LogP contribution in [0.3, 0.4) is 0 Å². The minimum Gasteiger partial charge on any atom is -0.490 e. The smallest absolute Gasteiger partial charge is 0.257 e. The number of hydrogen-bond donors (Lipinski definition) is 0. The lowest BCUT2D eigenvalue weighted by Gasteiger charge is -2.35. The van der Waals surface area contributed by atoms with Crippen LogP contribution < -0.4 is 9.64 Å². The average Bonchev–Trinajstić information content (AvgIpc) is 2.68. The summed E-state index contributed by atoms with van der Waals surface area (Å²) < 4.78 is 5.77. The van der Waals surface area contributed by atoms with Gasteiger partial charge in [0.2, 0.25) is 0 Å². The third kappa shape index (κ3) is 4.50. The van der Waals surface area contributed by atoms with Gasteiger partial charge in [-0.2, -0.15) is 5.26 Å². The molecule has 0 bridgehead atoms. The van der Waals surface area contributed by atoms with Gasteiger partial charge in [0.25, 0.3) is 5.91 Å². The second-order valence-corrected chi connectivity index (χ2v) is 7.04. The Morgan fingerprint density at radius 3 is 2.63 bits per heavy atom. The number of hydrogen-bond acceptors (Lipinski definition) is 5. The van der Waals surface area contributed by atoms with Gasteiger partial charge in [0.1, 0.15) is 11.6 Å². The highest BCUT2D eigenvalue weighted by Crippen LogP contribution is 2.26. The van der Waals surface area contributed by atoms with E-state index in [1.54, 1.807) is 41.4 Å². The third-order valence-electron chi connectivity index (χ3n) is 4.30. The Morgan fingerprint density at radius 1 is 1.22 bits per heavy atom. The Balaban J connectivity index is 1.72. The van der Waals surface area contributed by atoms with Gasteiger partial charge in [0, 0.05) is 37.4 Å². The summed E-state index contributed by atoms with van der Waals surface area (Å²) in [5.41, 5.74) is 1.06. The second-order valence-electron chi connectivity index (χ2n) is 6.60. The van der Waals surface area contributed by atoms with E-state index in [0.29, 0.717) is 48.1 Å². The highest BCUT2D eigenvalue weighted by Gasteiger charge is 2.25. The minimum absolute atomic E-state index is 0.0342. The topological polar surface area (TPSA) is 69.5 Å². The second kappa shape index (κ2) is 8.28. The molecule has 1 amide bonds. The number of carbonyl (C=O) groups is 1. The first-order valence-corrected chi connectivity index (χ1v) is 9.22. The fourth-order valence-corrected chi connectivity index (χ4v) is 3.17. The maximum Gasteiger partial charge on any atom is 0.257 e. The summed E-state index contributed by atoms with van der Waals surface area (Å²) in [5.74, 6) is 1.21. The number of anilines is 1. The van der Waals surface area contributed by atoms with Gasteiger partial charge in [-0.3, -0.25) is 4.79 Å². The minimum atomic E-state index is -0.0912. The summed E-state index contributed by atoms with van der Waals surface area (Å²) in [6, 6.07) is 10.7. The van der Waals surface area contributed by atoms with E-state index in [4.69, 9.17) is 21.6 Å². The van der Waals surface area contributed by atoms with Gasteiger partial charge in [-0.25, -0.2) is 4.98 Å². The van der Waals surface area contributed by atoms with Crippen molar-refractivity contribution in [1.82, 2.24) is 9.88 Å². The Hall–Kier alpha value is -2.78. The van der Waals surface area contributed by atoms with Gasteiger partial charge in [-0.05, 0) is 44.2 Å². The van der Waals surface area contributed by atoms with Crippen LogP contribution >= 0.6 is 11.6 Å². The standard InChI is InChI=1S/C20H21ClN4O2/c1-14(2)27-18-4-3-16(21)12-17(18)20(26)25-9-7-24(8-10-25)19-11-15(13-22)5-6-23-19/h3-6,11-12,14H,7-10H2,1-2H3. The fourth-order valence-electron chi connectivity index (χ4n) is 3.00. The molecule has 0 atom stereocenters. The molecule has 27 heavy (non-hydrogen) atoms. The molecule has 0 aliphatic carbocycles. The molecule has 140 valence electrons. The number of pyridine rings is 1. The van der Waals surface area contributed by atoms with Gasteiger partial charge in [-0.15, -0.1) is 0 Å². The monoisotopic (exact) mass is 384 g/mol. The molecule has 0 saturated carbocycles. The van der Waals surface area contributed by atoms with Crippen molar-refractivity contribution in [1.29, 1.82) is 5.26 Å².